The molecule has 0 aliphatic heterocycles. The van der Waals surface area contributed by atoms with E-state index in [1.807, 2.05) is 6.92 Å². The first-order valence-electron chi connectivity index (χ1n) is 12.2. The number of rotatable bonds is 9. The summed E-state index contributed by atoms with van der Waals surface area (Å²) in [4.78, 5) is 54.8. The number of thiophene rings is 1. The Morgan fingerprint density at radius 3 is 2.54 bits per heavy atom. The third-order valence-electron chi connectivity index (χ3n) is 5.99. The summed E-state index contributed by atoms with van der Waals surface area (Å²) in [5, 5.41) is 2.79. The second-order valence-corrected chi connectivity index (χ2v) is 12.8. The van der Waals surface area contributed by atoms with Gasteiger partial charge in [-0.2, -0.15) is 4.99 Å². The Hall–Kier alpha value is -3.36. The average Bonchev–Trinajstić information content (AvgIpc) is 3.54. The zero-order chi connectivity index (χ0) is 28.3. The van der Waals surface area contributed by atoms with Gasteiger partial charge in [0.2, 0.25) is 5.91 Å². The van der Waals surface area contributed by atoms with Crippen LogP contribution in [-0.4, -0.2) is 62.0 Å². The minimum Gasteiger partial charge on any atom is -0.465 e. The number of thiazole rings is 1. The number of aryl methyl sites for hydroxylation is 2. The van der Waals surface area contributed by atoms with Crippen molar-refractivity contribution < 1.29 is 37.1 Å². The zero-order valence-corrected chi connectivity index (χ0v) is 24.0. The Kier molecular flexibility index (Phi) is 8.67. The van der Waals surface area contributed by atoms with Crippen molar-refractivity contribution in [3.8, 4) is 0 Å². The molecule has 0 atom stereocenters. The Balaban J connectivity index is 1.50. The first kappa shape index (κ1) is 28.6. The molecule has 1 N–H and O–H groups in total. The van der Waals surface area contributed by atoms with E-state index < -0.39 is 45.1 Å². The lowest BCUT2D eigenvalue weighted by Crippen LogP contribution is -2.28. The molecule has 0 saturated carbocycles. The van der Waals surface area contributed by atoms with E-state index in [-0.39, 0.29) is 22.0 Å². The van der Waals surface area contributed by atoms with Crippen LogP contribution in [0.4, 0.5) is 5.00 Å². The Morgan fingerprint density at radius 1 is 1.08 bits per heavy atom. The van der Waals surface area contributed by atoms with Gasteiger partial charge in [0.1, 0.15) is 16.5 Å². The number of ether oxygens (including phenoxy) is 2. The lowest BCUT2D eigenvalue weighted by Gasteiger charge is -2.08. The average molecular weight is 594 g/mol. The van der Waals surface area contributed by atoms with Crippen molar-refractivity contribution in [3.05, 3.63) is 44.6 Å². The number of fused-ring (bicyclic) bond motifs is 2. The summed E-state index contributed by atoms with van der Waals surface area (Å²) in [6.07, 6.45) is 2.35. The van der Waals surface area contributed by atoms with E-state index in [2.05, 4.69) is 10.3 Å². The van der Waals surface area contributed by atoms with Crippen molar-refractivity contribution in [2.75, 3.05) is 30.5 Å². The Labute approximate surface area is 232 Å². The van der Waals surface area contributed by atoms with Crippen LogP contribution in [0.3, 0.4) is 0 Å². The minimum absolute atomic E-state index is 0.168. The van der Waals surface area contributed by atoms with E-state index in [1.54, 1.807) is 29.7 Å². The summed E-state index contributed by atoms with van der Waals surface area (Å²) in [6, 6.07) is 4.92. The van der Waals surface area contributed by atoms with Crippen molar-refractivity contribution in [3.63, 3.8) is 0 Å². The summed E-state index contributed by atoms with van der Waals surface area (Å²) >= 11 is 2.37. The SMILES string of the molecule is CCOC(=O)c1c(NC(=O)CS(=O)(=O)CC(=O)N=c2sc3cc(C(=O)OC)ccc3n2CC)sc2c1CCC2. The van der Waals surface area contributed by atoms with Crippen LogP contribution in [0.25, 0.3) is 10.2 Å². The molecule has 0 radical (unpaired) electrons. The van der Waals surface area contributed by atoms with Gasteiger partial charge in [0.25, 0.3) is 5.91 Å². The number of benzene rings is 1. The largest absolute Gasteiger partial charge is 0.465 e. The van der Waals surface area contributed by atoms with Gasteiger partial charge >= 0.3 is 11.9 Å². The normalized spacial score (nSPS) is 13.4. The lowest BCUT2D eigenvalue weighted by molar-refractivity contribution is -0.115. The van der Waals surface area contributed by atoms with Crippen molar-refractivity contribution in [1.82, 2.24) is 4.57 Å². The van der Waals surface area contributed by atoms with Crippen LogP contribution in [0.15, 0.2) is 23.2 Å². The predicted molar refractivity (Wildman–Crippen MR) is 147 cm³/mol. The third kappa shape index (κ3) is 6.28. The first-order chi connectivity index (χ1) is 18.6. The van der Waals surface area contributed by atoms with Crippen LogP contribution in [0, 0.1) is 0 Å². The maximum absolute atomic E-state index is 12.7. The number of aromatic nitrogens is 1. The van der Waals surface area contributed by atoms with E-state index >= 15 is 0 Å². The fraction of sp³-hybridized carbons (Fsp3) is 0.400. The van der Waals surface area contributed by atoms with Gasteiger partial charge in [-0.1, -0.05) is 11.3 Å². The second-order valence-electron chi connectivity index (χ2n) is 8.67. The highest BCUT2D eigenvalue weighted by atomic mass is 32.2. The number of nitrogens with one attached hydrogen (secondary N) is 1. The van der Waals surface area contributed by atoms with E-state index in [0.29, 0.717) is 23.2 Å². The summed E-state index contributed by atoms with van der Waals surface area (Å²) < 4.78 is 37.6. The number of sulfone groups is 1. The molecule has 0 saturated heterocycles. The molecular formula is C25H27N3O8S3. The molecule has 0 bridgehead atoms. The molecule has 1 aliphatic rings. The maximum Gasteiger partial charge on any atom is 0.341 e. The van der Waals surface area contributed by atoms with Gasteiger partial charge in [-0.3, -0.25) is 9.59 Å². The molecule has 14 heteroatoms. The number of amides is 2. The fourth-order valence-corrected chi connectivity index (χ4v) is 7.82. The number of anilines is 1. The molecule has 2 amide bonds. The molecule has 4 rings (SSSR count). The maximum atomic E-state index is 12.7. The summed E-state index contributed by atoms with van der Waals surface area (Å²) in [5.41, 5.74) is 2.17. The number of carbonyl (C=O) groups is 4. The third-order valence-corrected chi connectivity index (χ3v) is 9.63. The molecular weight excluding hydrogens is 566 g/mol. The molecule has 1 aromatic carbocycles. The van der Waals surface area contributed by atoms with Crippen molar-refractivity contribution >= 4 is 71.5 Å². The quantitative estimate of drug-likeness (QED) is 0.372. The monoisotopic (exact) mass is 593 g/mol. The molecule has 0 fully saturated rings. The van der Waals surface area contributed by atoms with Crippen LogP contribution >= 0.6 is 22.7 Å². The van der Waals surface area contributed by atoms with E-state index in [1.165, 1.54) is 18.4 Å². The molecule has 39 heavy (non-hydrogen) atoms. The van der Waals surface area contributed by atoms with E-state index in [0.717, 1.165) is 40.1 Å². The molecule has 1 aliphatic carbocycles. The molecule has 0 unspecified atom stereocenters. The minimum atomic E-state index is -4.16. The predicted octanol–water partition coefficient (Wildman–Crippen LogP) is 2.72. The zero-order valence-electron chi connectivity index (χ0n) is 21.6. The molecule has 208 valence electrons. The standard InChI is InChI=1S/C25H27N3O8S3/c1-4-28-16-10-9-14(23(31)35-3)11-18(16)38-25(28)27-20(30)13-39(33,34)12-19(29)26-22-21(24(32)36-5-2)15-7-6-8-17(15)37-22/h9-11H,4-8,12-13H2,1-3H3,(H,26,29). The van der Waals surface area contributed by atoms with Crippen LogP contribution < -0.4 is 10.1 Å². The number of hydrogen-bond acceptors (Lipinski definition) is 10. The van der Waals surface area contributed by atoms with E-state index in [9.17, 15) is 27.6 Å². The van der Waals surface area contributed by atoms with Gasteiger partial charge < -0.3 is 19.4 Å². The van der Waals surface area contributed by atoms with Crippen LogP contribution in [-0.2, 0) is 48.3 Å². The summed E-state index contributed by atoms with van der Waals surface area (Å²) in [5.74, 6) is -4.75. The van der Waals surface area contributed by atoms with Gasteiger partial charge in [0.05, 0.1) is 35.1 Å². The number of methoxy groups -OCH3 is 1. The molecule has 11 nitrogen and oxygen atoms in total. The van der Waals surface area contributed by atoms with Gasteiger partial charge in [-0.05, 0) is 56.9 Å². The first-order valence-corrected chi connectivity index (χ1v) is 15.6. The number of hydrogen-bond donors (Lipinski definition) is 1. The Bertz CT molecular complexity index is 1650. The molecule has 0 spiro atoms. The summed E-state index contributed by atoms with van der Waals surface area (Å²) in [7, 11) is -2.89. The van der Waals surface area contributed by atoms with Gasteiger partial charge in [-0.15, -0.1) is 11.3 Å². The highest BCUT2D eigenvalue weighted by Gasteiger charge is 2.29. The second kappa shape index (κ2) is 11.8. The van der Waals surface area contributed by atoms with Crippen LogP contribution in [0.1, 0.15) is 51.4 Å². The van der Waals surface area contributed by atoms with Crippen LogP contribution in [0.2, 0.25) is 0 Å². The molecule has 2 heterocycles. The lowest BCUT2D eigenvalue weighted by atomic mass is 10.1. The fourth-order valence-electron chi connectivity index (χ4n) is 4.36. The van der Waals surface area contributed by atoms with Gasteiger partial charge in [0.15, 0.2) is 14.6 Å². The van der Waals surface area contributed by atoms with Gasteiger partial charge in [0, 0.05) is 11.4 Å². The number of nitrogens with zero attached hydrogens (tertiary/aromatic N) is 2. The molecule has 2 aromatic heterocycles. The smallest absolute Gasteiger partial charge is 0.341 e. The number of carbonyl (C=O) groups excluding carboxylic acids is 4. The highest BCUT2D eigenvalue weighted by Crippen LogP contribution is 2.39. The van der Waals surface area contributed by atoms with Gasteiger partial charge in [-0.25, -0.2) is 18.0 Å². The summed E-state index contributed by atoms with van der Waals surface area (Å²) in [6.45, 7) is 4.14. The Morgan fingerprint density at radius 2 is 1.85 bits per heavy atom. The van der Waals surface area contributed by atoms with Crippen molar-refractivity contribution in [2.45, 2.75) is 39.7 Å². The topological polar surface area (TPSA) is 150 Å². The van der Waals surface area contributed by atoms with Crippen molar-refractivity contribution in [2.24, 2.45) is 4.99 Å². The number of esters is 2. The molecule has 3 aromatic rings. The van der Waals surface area contributed by atoms with E-state index in [4.69, 9.17) is 9.47 Å². The highest BCUT2D eigenvalue weighted by molar-refractivity contribution is 7.92. The van der Waals surface area contributed by atoms with Crippen LogP contribution in [0.5, 0.6) is 0 Å². The van der Waals surface area contributed by atoms with Crippen molar-refractivity contribution in [1.29, 1.82) is 0 Å².